The monoisotopic (exact) mass is 277 g/mol. The fourth-order valence-corrected chi connectivity index (χ4v) is 2.06. The van der Waals surface area contributed by atoms with Crippen molar-refractivity contribution in [2.45, 2.75) is 0 Å². The number of hydrogen-bond donors (Lipinski definition) is 2. The van der Waals surface area contributed by atoms with Gasteiger partial charge in [-0.15, -0.1) is 0 Å². The lowest BCUT2D eigenvalue weighted by Gasteiger charge is -2.29. The Kier molecular flexibility index (Phi) is 4.52. The molecule has 2 heterocycles. The molecule has 1 aliphatic rings. The van der Waals surface area contributed by atoms with Crippen LogP contribution in [-0.2, 0) is 4.79 Å². The number of piperazine rings is 1. The molecule has 0 unspecified atom stereocenters. The van der Waals surface area contributed by atoms with E-state index < -0.39 is 5.91 Å². The number of primary amides is 1. The van der Waals surface area contributed by atoms with Crippen molar-refractivity contribution in [1.82, 2.24) is 15.2 Å². The number of anilines is 1. The predicted octanol–water partition coefficient (Wildman–Crippen LogP) is -0.951. The van der Waals surface area contributed by atoms with Crippen LogP contribution in [0.4, 0.5) is 5.82 Å². The third-order valence-electron chi connectivity index (χ3n) is 3.27. The quantitative estimate of drug-likeness (QED) is 0.740. The topological polar surface area (TPSA) is 91.6 Å². The van der Waals surface area contributed by atoms with E-state index in [-0.39, 0.29) is 12.5 Å². The average molecular weight is 277 g/mol. The summed E-state index contributed by atoms with van der Waals surface area (Å²) in [5.41, 5.74) is 5.52. The van der Waals surface area contributed by atoms with Crippen LogP contribution in [0, 0.1) is 0 Å². The number of likely N-dealkylation sites (N-methyl/N-ethyl adjacent to an activating group) is 1. The molecule has 1 saturated heterocycles. The fraction of sp³-hybridized carbons (Fsp3) is 0.462. The Balaban J connectivity index is 1.94. The maximum Gasteiger partial charge on any atom is 0.250 e. The molecule has 0 spiro atoms. The molecule has 1 aromatic heterocycles. The molecule has 0 radical (unpaired) electrons. The minimum atomic E-state index is -0.511. The van der Waals surface area contributed by atoms with Gasteiger partial charge in [-0.3, -0.25) is 9.59 Å². The van der Waals surface area contributed by atoms with Gasteiger partial charge in [0.15, 0.2) is 0 Å². The van der Waals surface area contributed by atoms with Crippen LogP contribution >= 0.6 is 0 Å². The van der Waals surface area contributed by atoms with E-state index in [1.165, 1.54) is 6.20 Å². The molecule has 7 nitrogen and oxygen atoms in total. The normalized spacial score (nSPS) is 14.9. The van der Waals surface area contributed by atoms with Gasteiger partial charge in [-0.25, -0.2) is 4.98 Å². The Morgan fingerprint density at radius 3 is 2.65 bits per heavy atom. The van der Waals surface area contributed by atoms with E-state index in [4.69, 9.17) is 5.73 Å². The van der Waals surface area contributed by atoms with Crippen LogP contribution in [-0.4, -0.2) is 61.5 Å². The van der Waals surface area contributed by atoms with Crippen LogP contribution in [0.15, 0.2) is 18.3 Å². The fourth-order valence-electron chi connectivity index (χ4n) is 2.06. The van der Waals surface area contributed by atoms with Gasteiger partial charge in [0, 0.05) is 39.4 Å². The lowest BCUT2D eigenvalue weighted by molar-refractivity contribution is -0.130. The molecule has 1 aliphatic heterocycles. The molecule has 3 N–H and O–H groups in total. The zero-order chi connectivity index (χ0) is 14.5. The van der Waals surface area contributed by atoms with Crippen molar-refractivity contribution in [3.63, 3.8) is 0 Å². The van der Waals surface area contributed by atoms with Crippen molar-refractivity contribution < 1.29 is 9.59 Å². The Bertz CT molecular complexity index is 482. The van der Waals surface area contributed by atoms with Gasteiger partial charge in [0.25, 0.3) is 0 Å². The van der Waals surface area contributed by atoms with Crippen LogP contribution in [0.5, 0.6) is 0 Å². The number of rotatable bonds is 4. The first-order chi connectivity index (χ1) is 9.58. The van der Waals surface area contributed by atoms with Gasteiger partial charge in [-0.05, 0) is 12.1 Å². The number of nitrogens with zero attached hydrogens (tertiary/aromatic N) is 3. The number of aromatic nitrogens is 1. The van der Waals surface area contributed by atoms with E-state index in [2.05, 4.69) is 10.3 Å². The van der Waals surface area contributed by atoms with Gasteiger partial charge in [0.2, 0.25) is 11.8 Å². The molecule has 2 amide bonds. The van der Waals surface area contributed by atoms with Crippen molar-refractivity contribution in [2.75, 3.05) is 44.7 Å². The Hall–Kier alpha value is -2.15. The van der Waals surface area contributed by atoms with Crippen molar-refractivity contribution in [3.05, 3.63) is 23.9 Å². The standard InChI is InChI=1S/C13H19N5O2/c1-17(9-12(19)18-6-4-15-5-7-18)11-3-2-10(8-16-11)13(14)20/h2-3,8,15H,4-7,9H2,1H3,(H2,14,20). The summed E-state index contributed by atoms with van der Waals surface area (Å²) in [4.78, 5) is 30.8. The van der Waals surface area contributed by atoms with Gasteiger partial charge in [-0.1, -0.05) is 0 Å². The molecule has 108 valence electrons. The van der Waals surface area contributed by atoms with Gasteiger partial charge in [-0.2, -0.15) is 0 Å². The number of nitrogens with two attached hydrogens (primary N) is 1. The molecule has 0 atom stereocenters. The van der Waals surface area contributed by atoms with Gasteiger partial charge in [0.05, 0.1) is 12.1 Å². The SMILES string of the molecule is CN(CC(=O)N1CCNCC1)c1ccc(C(N)=O)cn1. The molecule has 7 heteroatoms. The van der Waals surface area contributed by atoms with Crippen molar-refractivity contribution in [2.24, 2.45) is 5.73 Å². The Morgan fingerprint density at radius 2 is 2.10 bits per heavy atom. The molecule has 0 aliphatic carbocycles. The van der Waals surface area contributed by atoms with Crippen molar-refractivity contribution in [3.8, 4) is 0 Å². The van der Waals surface area contributed by atoms with E-state index in [0.717, 1.165) is 26.2 Å². The molecular weight excluding hydrogens is 258 g/mol. The van der Waals surface area contributed by atoms with Gasteiger partial charge < -0.3 is 20.9 Å². The highest BCUT2D eigenvalue weighted by Gasteiger charge is 2.18. The van der Waals surface area contributed by atoms with Crippen molar-refractivity contribution >= 4 is 17.6 Å². The highest BCUT2D eigenvalue weighted by Crippen LogP contribution is 2.09. The first-order valence-corrected chi connectivity index (χ1v) is 6.53. The lowest BCUT2D eigenvalue weighted by Crippen LogP contribution is -2.49. The number of carbonyl (C=O) groups excluding carboxylic acids is 2. The molecular formula is C13H19N5O2. The first-order valence-electron chi connectivity index (χ1n) is 6.53. The lowest BCUT2D eigenvalue weighted by atomic mass is 10.2. The van der Waals surface area contributed by atoms with Crippen LogP contribution in [0.2, 0.25) is 0 Å². The van der Waals surface area contributed by atoms with Crippen LogP contribution in [0.1, 0.15) is 10.4 Å². The number of nitrogens with one attached hydrogen (secondary N) is 1. The maximum atomic E-state index is 12.1. The van der Waals surface area contributed by atoms with Crippen LogP contribution in [0.25, 0.3) is 0 Å². The summed E-state index contributed by atoms with van der Waals surface area (Å²) in [7, 11) is 1.80. The number of carbonyl (C=O) groups is 2. The summed E-state index contributed by atoms with van der Waals surface area (Å²) in [6, 6.07) is 3.29. The smallest absolute Gasteiger partial charge is 0.250 e. The summed E-state index contributed by atoms with van der Waals surface area (Å²) in [6.45, 7) is 3.41. The Morgan fingerprint density at radius 1 is 1.40 bits per heavy atom. The van der Waals surface area contributed by atoms with E-state index in [1.54, 1.807) is 24.1 Å². The molecule has 0 aromatic carbocycles. The van der Waals surface area contributed by atoms with E-state index in [0.29, 0.717) is 11.4 Å². The minimum Gasteiger partial charge on any atom is -0.366 e. The largest absolute Gasteiger partial charge is 0.366 e. The molecule has 0 saturated carbocycles. The number of pyridine rings is 1. The Labute approximate surface area is 117 Å². The van der Waals surface area contributed by atoms with E-state index in [1.807, 2.05) is 4.90 Å². The summed E-state index contributed by atoms with van der Waals surface area (Å²) < 4.78 is 0. The van der Waals surface area contributed by atoms with E-state index >= 15 is 0 Å². The average Bonchev–Trinajstić information content (AvgIpc) is 2.48. The summed E-state index contributed by atoms with van der Waals surface area (Å²) in [5.74, 6) is 0.205. The molecule has 20 heavy (non-hydrogen) atoms. The summed E-state index contributed by atoms with van der Waals surface area (Å²) in [5, 5.41) is 3.21. The molecule has 1 fully saturated rings. The van der Waals surface area contributed by atoms with Crippen LogP contribution < -0.4 is 16.0 Å². The first kappa shape index (κ1) is 14.3. The zero-order valence-electron chi connectivity index (χ0n) is 11.5. The second kappa shape index (κ2) is 6.33. The minimum absolute atomic E-state index is 0.0785. The predicted molar refractivity (Wildman–Crippen MR) is 75.5 cm³/mol. The van der Waals surface area contributed by atoms with Gasteiger partial charge >= 0.3 is 0 Å². The zero-order valence-corrected chi connectivity index (χ0v) is 11.5. The summed E-state index contributed by atoms with van der Waals surface area (Å²) in [6.07, 6.45) is 1.42. The highest BCUT2D eigenvalue weighted by molar-refractivity contribution is 5.92. The number of amides is 2. The molecule has 1 aromatic rings. The highest BCUT2D eigenvalue weighted by atomic mass is 16.2. The van der Waals surface area contributed by atoms with Crippen molar-refractivity contribution in [1.29, 1.82) is 0 Å². The van der Waals surface area contributed by atoms with Gasteiger partial charge in [0.1, 0.15) is 5.82 Å². The summed E-state index contributed by atoms with van der Waals surface area (Å²) >= 11 is 0. The third kappa shape index (κ3) is 3.45. The maximum absolute atomic E-state index is 12.1. The van der Waals surface area contributed by atoms with Crippen LogP contribution in [0.3, 0.4) is 0 Å². The second-order valence-corrected chi connectivity index (χ2v) is 4.76. The second-order valence-electron chi connectivity index (χ2n) is 4.76. The third-order valence-corrected chi connectivity index (χ3v) is 3.27. The number of hydrogen-bond acceptors (Lipinski definition) is 5. The molecule has 2 rings (SSSR count). The van der Waals surface area contributed by atoms with E-state index in [9.17, 15) is 9.59 Å². The molecule has 0 bridgehead atoms.